The fourth-order valence-electron chi connectivity index (χ4n) is 2.71. The minimum Gasteiger partial charge on any atom is -0.384 e. The lowest BCUT2D eigenvalue weighted by Crippen LogP contribution is -2.43. The van der Waals surface area contributed by atoms with Crippen molar-refractivity contribution < 1.29 is 9.53 Å². The minimum absolute atomic E-state index is 0.131. The van der Waals surface area contributed by atoms with Crippen LogP contribution in [0.15, 0.2) is 35.8 Å². The summed E-state index contributed by atoms with van der Waals surface area (Å²) in [5, 5.41) is 5.02. The Kier molecular flexibility index (Phi) is 5.79. The summed E-state index contributed by atoms with van der Waals surface area (Å²) in [6.07, 6.45) is 2.45. The molecule has 6 nitrogen and oxygen atoms in total. The number of nitrogens with zero attached hydrogens (tertiary/aromatic N) is 2. The van der Waals surface area contributed by atoms with Crippen molar-refractivity contribution in [1.29, 1.82) is 0 Å². The van der Waals surface area contributed by atoms with Gasteiger partial charge in [0.05, 0.1) is 18.3 Å². The number of rotatable bonds is 6. The summed E-state index contributed by atoms with van der Waals surface area (Å²) in [7, 11) is 0. The lowest BCUT2D eigenvalue weighted by molar-refractivity contribution is -0.0339. The molecule has 2 aromatic heterocycles. The fourth-order valence-corrected chi connectivity index (χ4v) is 3.46. The number of hydrogen-bond donors (Lipinski definition) is 2. The van der Waals surface area contributed by atoms with Crippen molar-refractivity contribution in [1.82, 2.24) is 15.2 Å². The Morgan fingerprint density at radius 3 is 3.12 bits per heavy atom. The molecule has 3 N–H and O–H groups in total. The molecule has 0 spiro atoms. The van der Waals surface area contributed by atoms with Crippen LogP contribution in [0.4, 0.5) is 5.82 Å². The Bertz CT molecular complexity index is 645. The zero-order chi connectivity index (χ0) is 16.8. The Morgan fingerprint density at radius 2 is 2.38 bits per heavy atom. The molecule has 24 heavy (non-hydrogen) atoms. The fraction of sp³-hybridized carbons (Fsp3) is 0.412. The molecule has 0 bridgehead atoms. The summed E-state index contributed by atoms with van der Waals surface area (Å²) < 4.78 is 5.81. The Balaban J connectivity index is 1.41. The Morgan fingerprint density at radius 1 is 1.46 bits per heavy atom. The van der Waals surface area contributed by atoms with Crippen LogP contribution < -0.4 is 11.1 Å². The summed E-state index contributed by atoms with van der Waals surface area (Å²) in [6, 6.07) is 7.55. The van der Waals surface area contributed by atoms with Gasteiger partial charge in [-0.3, -0.25) is 9.69 Å². The van der Waals surface area contributed by atoms with E-state index in [1.807, 2.05) is 0 Å². The first-order valence-electron chi connectivity index (χ1n) is 8.07. The second kappa shape index (κ2) is 8.23. The highest BCUT2D eigenvalue weighted by molar-refractivity contribution is 7.09. The van der Waals surface area contributed by atoms with Crippen LogP contribution in [0, 0.1) is 0 Å². The number of aromatic nitrogens is 1. The number of amides is 1. The maximum atomic E-state index is 12.0. The van der Waals surface area contributed by atoms with Crippen molar-refractivity contribution in [2.75, 3.05) is 32.0 Å². The van der Waals surface area contributed by atoms with Gasteiger partial charge < -0.3 is 15.8 Å². The molecule has 7 heteroatoms. The van der Waals surface area contributed by atoms with Crippen LogP contribution in [0.1, 0.15) is 21.7 Å². The third-order valence-corrected chi connectivity index (χ3v) is 4.84. The van der Waals surface area contributed by atoms with Crippen LogP contribution in [0.5, 0.6) is 0 Å². The lowest BCUT2D eigenvalue weighted by Gasteiger charge is -2.32. The maximum Gasteiger partial charge on any atom is 0.252 e. The van der Waals surface area contributed by atoms with Gasteiger partial charge in [-0.1, -0.05) is 6.07 Å². The number of nitrogens with two attached hydrogens (primary N) is 1. The van der Waals surface area contributed by atoms with Crippen molar-refractivity contribution in [2.45, 2.75) is 19.1 Å². The van der Waals surface area contributed by atoms with Crippen LogP contribution in [0.25, 0.3) is 0 Å². The zero-order valence-corrected chi connectivity index (χ0v) is 14.3. The van der Waals surface area contributed by atoms with Crippen LogP contribution >= 0.6 is 11.3 Å². The average molecular weight is 346 g/mol. The number of anilines is 1. The van der Waals surface area contributed by atoms with Crippen LogP contribution in [0.2, 0.25) is 0 Å². The molecular formula is C17H22N4O2S. The molecule has 1 saturated heterocycles. The molecule has 1 fully saturated rings. The van der Waals surface area contributed by atoms with Gasteiger partial charge >= 0.3 is 0 Å². The largest absolute Gasteiger partial charge is 0.384 e. The first kappa shape index (κ1) is 16.9. The molecule has 3 rings (SSSR count). The first-order valence-corrected chi connectivity index (χ1v) is 8.95. The molecular weight excluding hydrogens is 324 g/mol. The van der Waals surface area contributed by atoms with E-state index in [0.29, 0.717) is 17.9 Å². The normalized spacial score (nSPS) is 18.4. The molecule has 2 aromatic rings. The van der Waals surface area contributed by atoms with Gasteiger partial charge in [-0.15, -0.1) is 11.3 Å². The minimum atomic E-state index is -0.131. The van der Waals surface area contributed by atoms with Crippen LogP contribution in [0.3, 0.4) is 0 Å². The number of nitrogen functional groups attached to an aromatic ring is 1. The molecule has 0 radical (unpaired) electrons. The second-order valence-corrected chi connectivity index (χ2v) is 6.86. The summed E-state index contributed by atoms with van der Waals surface area (Å²) in [5.74, 6) is 0.279. The van der Waals surface area contributed by atoms with Gasteiger partial charge in [-0.25, -0.2) is 4.98 Å². The van der Waals surface area contributed by atoms with Crippen LogP contribution in [-0.2, 0) is 11.3 Å². The number of pyridine rings is 1. The Labute approximate surface area is 145 Å². The van der Waals surface area contributed by atoms with Crippen molar-refractivity contribution in [2.24, 2.45) is 0 Å². The van der Waals surface area contributed by atoms with Crippen LogP contribution in [-0.4, -0.2) is 48.1 Å². The lowest BCUT2D eigenvalue weighted by atomic mass is 10.2. The SMILES string of the molecule is Nc1ccc(C(=O)NCCC2CN(Cc3cccs3)CCO2)cn1. The molecule has 1 aliphatic rings. The number of carbonyl (C=O) groups excluding carboxylic acids is 1. The summed E-state index contributed by atoms with van der Waals surface area (Å²) >= 11 is 1.78. The Hall–Kier alpha value is -1.96. The number of morpholine rings is 1. The quantitative estimate of drug-likeness (QED) is 0.833. The maximum absolute atomic E-state index is 12.0. The van der Waals surface area contributed by atoms with E-state index >= 15 is 0 Å². The second-order valence-electron chi connectivity index (χ2n) is 5.82. The molecule has 1 amide bonds. The highest BCUT2D eigenvalue weighted by atomic mass is 32.1. The number of ether oxygens (including phenoxy) is 1. The van der Waals surface area contributed by atoms with E-state index in [0.717, 1.165) is 32.7 Å². The van der Waals surface area contributed by atoms with Crippen molar-refractivity contribution in [3.05, 3.63) is 46.3 Å². The molecule has 1 aliphatic heterocycles. The average Bonchev–Trinajstić information content (AvgIpc) is 3.09. The smallest absolute Gasteiger partial charge is 0.252 e. The van der Waals surface area contributed by atoms with E-state index < -0.39 is 0 Å². The number of thiophene rings is 1. The topological polar surface area (TPSA) is 80.5 Å². The van der Waals surface area contributed by atoms with Crippen molar-refractivity contribution in [3.63, 3.8) is 0 Å². The molecule has 0 aromatic carbocycles. The van der Waals surface area contributed by atoms with Gasteiger partial charge in [0.25, 0.3) is 5.91 Å². The summed E-state index contributed by atoms with van der Waals surface area (Å²) in [6.45, 7) is 4.16. The van der Waals surface area contributed by atoms with E-state index in [1.54, 1.807) is 23.5 Å². The van der Waals surface area contributed by atoms with Gasteiger partial charge in [-0.05, 0) is 30.0 Å². The van der Waals surface area contributed by atoms with Crippen molar-refractivity contribution >= 4 is 23.1 Å². The first-order chi connectivity index (χ1) is 11.7. The molecule has 1 atom stereocenters. The number of carbonyl (C=O) groups is 1. The van der Waals surface area contributed by atoms with Gasteiger partial charge in [0, 0.05) is 37.3 Å². The molecule has 1 unspecified atom stereocenters. The van der Waals surface area contributed by atoms with Gasteiger partial charge in [0.1, 0.15) is 5.82 Å². The molecule has 0 aliphatic carbocycles. The number of hydrogen-bond acceptors (Lipinski definition) is 6. The third kappa shape index (κ3) is 4.77. The summed E-state index contributed by atoms with van der Waals surface area (Å²) in [4.78, 5) is 19.7. The van der Waals surface area contributed by atoms with Crippen molar-refractivity contribution in [3.8, 4) is 0 Å². The van der Waals surface area contributed by atoms with E-state index in [4.69, 9.17) is 10.5 Å². The third-order valence-electron chi connectivity index (χ3n) is 3.98. The monoisotopic (exact) mass is 346 g/mol. The highest BCUT2D eigenvalue weighted by Crippen LogP contribution is 2.15. The molecule has 128 valence electrons. The van der Waals surface area contributed by atoms with Gasteiger partial charge in [0.2, 0.25) is 0 Å². The number of nitrogens with one attached hydrogen (secondary N) is 1. The standard InChI is InChI=1S/C17H22N4O2S/c18-16-4-3-13(10-20-16)17(22)19-6-5-14-11-21(7-8-23-14)12-15-2-1-9-24-15/h1-4,9-10,14H,5-8,11-12H2,(H2,18,20)(H,19,22). The van der Waals surface area contributed by atoms with E-state index in [1.165, 1.54) is 11.1 Å². The predicted octanol–water partition coefficient (Wildman–Crippen LogP) is 1.75. The van der Waals surface area contributed by atoms with Gasteiger partial charge in [0.15, 0.2) is 0 Å². The zero-order valence-electron chi connectivity index (χ0n) is 13.5. The predicted molar refractivity (Wildman–Crippen MR) is 94.9 cm³/mol. The summed E-state index contributed by atoms with van der Waals surface area (Å²) in [5.41, 5.74) is 6.04. The van der Waals surface area contributed by atoms with E-state index in [-0.39, 0.29) is 12.0 Å². The van der Waals surface area contributed by atoms with E-state index in [2.05, 4.69) is 32.7 Å². The van der Waals surface area contributed by atoms with Gasteiger partial charge in [-0.2, -0.15) is 0 Å². The molecule has 0 saturated carbocycles. The molecule has 3 heterocycles. The van der Waals surface area contributed by atoms with E-state index in [9.17, 15) is 4.79 Å². The highest BCUT2D eigenvalue weighted by Gasteiger charge is 2.20.